The van der Waals surface area contributed by atoms with E-state index in [0.29, 0.717) is 5.54 Å². The zero-order valence-electron chi connectivity index (χ0n) is 13.4. The number of nitrogens with zero attached hydrogens (tertiary/aromatic N) is 1. The van der Waals surface area contributed by atoms with Crippen LogP contribution in [-0.2, 0) is 0 Å². The maximum atomic E-state index is 3.55. The molecule has 1 fully saturated rings. The maximum Gasteiger partial charge on any atom is 0.0147 e. The monoisotopic (exact) mass is 254 g/mol. The van der Waals surface area contributed by atoms with Crippen molar-refractivity contribution in [2.24, 2.45) is 11.8 Å². The molecule has 1 aliphatic carbocycles. The summed E-state index contributed by atoms with van der Waals surface area (Å²) in [6.07, 6.45) is 6.76. The lowest BCUT2D eigenvalue weighted by molar-refractivity contribution is 0.0890. The Hall–Kier alpha value is -0.0800. The van der Waals surface area contributed by atoms with Gasteiger partial charge in [-0.3, -0.25) is 0 Å². The van der Waals surface area contributed by atoms with E-state index in [1.54, 1.807) is 0 Å². The molecule has 0 bridgehead atoms. The van der Waals surface area contributed by atoms with Gasteiger partial charge in [-0.2, -0.15) is 0 Å². The van der Waals surface area contributed by atoms with Crippen molar-refractivity contribution in [2.45, 2.75) is 71.4 Å². The van der Waals surface area contributed by atoms with Crippen molar-refractivity contribution >= 4 is 0 Å². The molecular weight excluding hydrogens is 220 g/mol. The fraction of sp³-hybridized carbons (Fsp3) is 1.00. The van der Waals surface area contributed by atoms with Crippen LogP contribution in [-0.4, -0.2) is 37.1 Å². The fourth-order valence-corrected chi connectivity index (χ4v) is 3.18. The van der Waals surface area contributed by atoms with Gasteiger partial charge in [-0.05, 0) is 65.5 Å². The molecule has 1 N–H and O–H groups in total. The van der Waals surface area contributed by atoms with Crippen molar-refractivity contribution in [1.82, 2.24) is 10.2 Å². The average molecular weight is 254 g/mol. The third-order valence-electron chi connectivity index (χ3n) is 5.45. The van der Waals surface area contributed by atoms with Gasteiger partial charge < -0.3 is 10.2 Å². The average Bonchev–Trinajstić information content (AvgIpc) is 2.38. The van der Waals surface area contributed by atoms with E-state index in [9.17, 15) is 0 Å². The van der Waals surface area contributed by atoms with Crippen LogP contribution in [0.4, 0.5) is 0 Å². The van der Waals surface area contributed by atoms with Crippen LogP contribution < -0.4 is 5.32 Å². The Morgan fingerprint density at radius 1 is 1.22 bits per heavy atom. The van der Waals surface area contributed by atoms with Gasteiger partial charge in [0.15, 0.2) is 0 Å². The summed E-state index contributed by atoms with van der Waals surface area (Å²) in [5.41, 5.74) is 0.331. The fourth-order valence-electron chi connectivity index (χ4n) is 3.18. The van der Waals surface area contributed by atoms with Crippen LogP contribution in [0.1, 0.15) is 59.8 Å². The third-order valence-corrected chi connectivity index (χ3v) is 5.45. The van der Waals surface area contributed by atoms with Gasteiger partial charge in [-0.25, -0.2) is 0 Å². The van der Waals surface area contributed by atoms with Crippen molar-refractivity contribution < 1.29 is 0 Å². The molecule has 0 saturated heterocycles. The summed E-state index contributed by atoms with van der Waals surface area (Å²) < 4.78 is 0. The van der Waals surface area contributed by atoms with Gasteiger partial charge in [0.1, 0.15) is 0 Å². The first-order chi connectivity index (χ1) is 8.44. The minimum Gasteiger partial charge on any atom is -0.317 e. The van der Waals surface area contributed by atoms with E-state index in [1.807, 2.05) is 0 Å². The summed E-state index contributed by atoms with van der Waals surface area (Å²) in [6.45, 7) is 10.6. The normalized spacial score (nSPS) is 29.8. The van der Waals surface area contributed by atoms with Crippen molar-refractivity contribution in [1.29, 1.82) is 0 Å². The minimum absolute atomic E-state index is 0.331. The molecule has 108 valence electrons. The molecule has 1 rings (SSSR count). The Bertz CT molecular complexity index is 237. The smallest absolute Gasteiger partial charge is 0.0147 e. The minimum atomic E-state index is 0.331. The molecule has 0 heterocycles. The first kappa shape index (κ1) is 16.0. The van der Waals surface area contributed by atoms with E-state index in [1.165, 1.54) is 38.6 Å². The molecule has 0 spiro atoms. The van der Waals surface area contributed by atoms with Crippen molar-refractivity contribution in [3.05, 3.63) is 0 Å². The number of rotatable bonds is 6. The van der Waals surface area contributed by atoms with Crippen molar-refractivity contribution in [3.63, 3.8) is 0 Å². The second-order valence-corrected chi connectivity index (χ2v) is 6.79. The zero-order valence-corrected chi connectivity index (χ0v) is 13.4. The first-order valence-corrected chi connectivity index (χ1v) is 7.83. The second-order valence-electron chi connectivity index (χ2n) is 6.79. The Kier molecular flexibility index (Phi) is 6.13. The zero-order chi connectivity index (χ0) is 13.8. The quantitative estimate of drug-likeness (QED) is 0.780. The Morgan fingerprint density at radius 3 is 2.39 bits per heavy atom. The lowest BCUT2D eigenvalue weighted by atomic mass is 9.76. The van der Waals surface area contributed by atoms with E-state index in [-0.39, 0.29) is 0 Å². The summed E-state index contributed by atoms with van der Waals surface area (Å²) in [4.78, 5) is 2.57. The number of hydrogen-bond acceptors (Lipinski definition) is 2. The van der Waals surface area contributed by atoms with Gasteiger partial charge in [-0.1, -0.05) is 20.3 Å². The topological polar surface area (TPSA) is 15.3 Å². The molecule has 0 radical (unpaired) electrons. The predicted molar refractivity (Wildman–Crippen MR) is 81.0 cm³/mol. The van der Waals surface area contributed by atoms with Crippen molar-refractivity contribution in [3.8, 4) is 0 Å². The SMILES string of the molecule is CCC1CCC(NC)C(CN(C)C(C)(C)CC)C1. The lowest BCUT2D eigenvalue weighted by Gasteiger charge is -2.42. The standard InChI is InChI=1S/C16H34N2/c1-7-13-9-10-15(17-5)14(11-13)12-18(6)16(3,4)8-2/h13-15,17H,7-12H2,1-6H3. The first-order valence-electron chi connectivity index (χ1n) is 7.83. The number of nitrogens with one attached hydrogen (secondary N) is 1. The molecule has 0 aromatic heterocycles. The Morgan fingerprint density at radius 2 is 1.89 bits per heavy atom. The lowest BCUT2D eigenvalue weighted by Crippen LogP contribution is -2.49. The van der Waals surface area contributed by atoms with Gasteiger partial charge in [0, 0.05) is 18.1 Å². The summed E-state index contributed by atoms with van der Waals surface area (Å²) in [5.74, 6) is 1.78. The van der Waals surface area contributed by atoms with Gasteiger partial charge in [-0.15, -0.1) is 0 Å². The molecule has 0 aromatic carbocycles. The summed E-state index contributed by atoms with van der Waals surface area (Å²) in [5, 5.41) is 3.55. The van der Waals surface area contributed by atoms with Gasteiger partial charge in [0.05, 0.1) is 0 Å². The molecule has 2 nitrogen and oxygen atoms in total. The second kappa shape index (κ2) is 6.91. The largest absolute Gasteiger partial charge is 0.317 e. The molecule has 0 aromatic rings. The summed E-state index contributed by atoms with van der Waals surface area (Å²) in [6, 6.07) is 0.725. The Balaban J connectivity index is 2.60. The van der Waals surface area contributed by atoms with Crippen LogP contribution in [0.25, 0.3) is 0 Å². The van der Waals surface area contributed by atoms with Crippen LogP contribution >= 0.6 is 0 Å². The maximum absolute atomic E-state index is 3.55. The van der Waals surface area contributed by atoms with Crippen LogP contribution in [0.15, 0.2) is 0 Å². The van der Waals surface area contributed by atoms with E-state index in [4.69, 9.17) is 0 Å². The van der Waals surface area contributed by atoms with Crippen LogP contribution in [0.2, 0.25) is 0 Å². The highest BCUT2D eigenvalue weighted by Crippen LogP contribution is 2.33. The third kappa shape index (κ3) is 3.96. The molecular formula is C16H34N2. The molecule has 18 heavy (non-hydrogen) atoms. The Labute approximate surface area is 115 Å². The van der Waals surface area contributed by atoms with E-state index in [0.717, 1.165) is 17.9 Å². The van der Waals surface area contributed by atoms with E-state index >= 15 is 0 Å². The van der Waals surface area contributed by atoms with Crippen molar-refractivity contribution in [2.75, 3.05) is 20.6 Å². The van der Waals surface area contributed by atoms with Crippen LogP contribution in [0.5, 0.6) is 0 Å². The molecule has 1 aliphatic rings. The molecule has 2 heteroatoms. The van der Waals surface area contributed by atoms with E-state index in [2.05, 4.69) is 52.0 Å². The predicted octanol–water partition coefficient (Wildman–Crippen LogP) is 3.52. The molecule has 0 amide bonds. The molecule has 3 atom stereocenters. The van der Waals surface area contributed by atoms with E-state index < -0.39 is 0 Å². The molecule has 0 aliphatic heterocycles. The highest BCUT2D eigenvalue weighted by molar-refractivity contribution is 4.88. The summed E-state index contributed by atoms with van der Waals surface area (Å²) in [7, 11) is 4.43. The van der Waals surface area contributed by atoms with Gasteiger partial charge >= 0.3 is 0 Å². The molecule has 1 saturated carbocycles. The number of hydrogen-bond donors (Lipinski definition) is 1. The molecule has 3 unspecified atom stereocenters. The van der Waals surface area contributed by atoms with Crippen LogP contribution in [0, 0.1) is 11.8 Å². The highest BCUT2D eigenvalue weighted by Gasteiger charge is 2.32. The highest BCUT2D eigenvalue weighted by atomic mass is 15.2. The van der Waals surface area contributed by atoms with Gasteiger partial charge in [0.2, 0.25) is 0 Å². The summed E-state index contributed by atoms with van der Waals surface area (Å²) >= 11 is 0. The van der Waals surface area contributed by atoms with Crippen LogP contribution in [0.3, 0.4) is 0 Å². The van der Waals surface area contributed by atoms with Gasteiger partial charge in [0.25, 0.3) is 0 Å².